The van der Waals surface area contributed by atoms with Crippen LogP contribution in [-0.4, -0.2) is 15.9 Å². The number of nitriles is 1. The number of rotatable bonds is 3. The first-order valence-corrected chi connectivity index (χ1v) is 6.68. The van der Waals surface area contributed by atoms with Gasteiger partial charge in [-0.2, -0.15) is 5.26 Å². The highest BCUT2D eigenvalue weighted by molar-refractivity contribution is 6.10. The summed E-state index contributed by atoms with van der Waals surface area (Å²) in [5, 5.41) is 12.8. The number of hydrogen-bond acceptors (Lipinski definition) is 3. The Balaban J connectivity index is 1.90. The van der Waals surface area contributed by atoms with Gasteiger partial charge in [0.15, 0.2) is 0 Å². The van der Waals surface area contributed by atoms with Crippen LogP contribution in [0.5, 0.6) is 0 Å². The van der Waals surface area contributed by atoms with Crippen molar-refractivity contribution in [2.45, 2.75) is 0 Å². The minimum atomic E-state index is -0.480. The molecule has 0 unspecified atom stereocenters. The molecule has 0 aliphatic carbocycles. The monoisotopic (exact) mass is 288 g/mol. The van der Waals surface area contributed by atoms with Crippen LogP contribution in [0.25, 0.3) is 17.0 Å². The topological polar surface area (TPSA) is 81.6 Å². The number of H-pyrrole nitrogens is 1. The number of pyridine rings is 1. The fourth-order valence-electron chi connectivity index (χ4n) is 2.14. The van der Waals surface area contributed by atoms with Gasteiger partial charge < -0.3 is 10.3 Å². The number of aromatic amines is 1. The molecule has 0 saturated heterocycles. The first-order chi connectivity index (χ1) is 10.8. The van der Waals surface area contributed by atoms with Crippen molar-refractivity contribution in [2.75, 3.05) is 5.32 Å². The maximum Gasteiger partial charge on any atom is 0.267 e. The summed E-state index contributed by atoms with van der Waals surface area (Å²) >= 11 is 0. The second-order valence-corrected chi connectivity index (χ2v) is 4.63. The van der Waals surface area contributed by atoms with Crippen LogP contribution in [0.15, 0.2) is 60.4 Å². The summed E-state index contributed by atoms with van der Waals surface area (Å²) in [5.74, 6) is -0.0703. The maximum atomic E-state index is 12.2. The third kappa shape index (κ3) is 2.72. The van der Waals surface area contributed by atoms with Crippen LogP contribution in [0.2, 0.25) is 0 Å². The average Bonchev–Trinajstić information content (AvgIpc) is 2.96. The molecule has 0 bridgehead atoms. The molecule has 5 heteroatoms. The number of benzene rings is 1. The van der Waals surface area contributed by atoms with Crippen molar-refractivity contribution in [3.8, 4) is 6.07 Å². The van der Waals surface area contributed by atoms with Crippen LogP contribution < -0.4 is 5.32 Å². The number of carbonyl (C=O) groups excluding carboxylic acids is 1. The van der Waals surface area contributed by atoms with E-state index in [0.717, 1.165) is 16.5 Å². The predicted octanol–water partition coefficient (Wildman–Crippen LogP) is 3.11. The van der Waals surface area contributed by atoms with Crippen molar-refractivity contribution in [1.82, 2.24) is 9.97 Å². The Labute approximate surface area is 126 Å². The number of aromatic nitrogens is 2. The van der Waals surface area contributed by atoms with Crippen molar-refractivity contribution >= 4 is 28.7 Å². The fourth-order valence-corrected chi connectivity index (χ4v) is 2.14. The molecular formula is C17H12N4O. The molecule has 0 fully saturated rings. The first-order valence-electron chi connectivity index (χ1n) is 6.68. The number of fused-ring (bicyclic) bond motifs is 1. The van der Waals surface area contributed by atoms with Crippen LogP contribution in [0.1, 0.15) is 5.56 Å². The minimum absolute atomic E-state index is 0.0235. The number of para-hydroxylation sites is 1. The Morgan fingerprint density at radius 3 is 2.82 bits per heavy atom. The van der Waals surface area contributed by atoms with Crippen LogP contribution in [-0.2, 0) is 4.79 Å². The molecule has 1 aromatic carbocycles. The van der Waals surface area contributed by atoms with Gasteiger partial charge in [0.25, 0.3) is 5.91 Å². The first kappa shape index (κ1) is 13.6. The van der Waals surface area contributed by atoms with E-state index in [0.29, 0.717) is 5.82 Å². The quantitative estimate of drug-likeness (QED) is 0.574. The molecule has 0 radical (unpaired) electrons. The van der Waals surface area contributed by atoms with E-state index < -0.39 is 5.91 Å². The second kappa shape index (κ2) is 5.94. The minimum Gasteiger partial charge on any atom is -0.361 e. The van der Waals surface area contributed by atoms with E-state index in [1.54, 1.807) is 36.7 Å². The van der Waals surface area contributed by atoms with E-state index in [2.05, 4.69) is 15.3 Å². The van der Waals surface area contributed by atoms with Gasteiger partial charge in [-0.05, 0) is 24.3 Å². The van der Waals surface area contributed by atoms with E-state index in [1.165, 1.54) is 0 Å². The standard InChI is InChI=1S/C17H12N4O/c18-10-12(17(22)21-16-7-3-4-8-19-16)9-13-11-20-15-6-2-1-5-14(13)15/h1-9,11,20H,(H,19,21,22)/b12-9+. The maximum absolute atomic E-state index is 12.2. The molecule has 1 amide bonds. The lowest BCUT2D eigenvalue weighted by molar-refractivity contribution is -0.112. The normalized spacial score (nSPS) is 11.1. The van der Waals surface area contributed by atoms with Crippen LogP contribution >= 0.6 is 0 Å². The largest absolute Gasteiger partial charge is 0.361 e. The summed E-state index contributed by atoms with van der Waals surface area (Å²) in [6.45, 7) is 0. The number of hydrogen-bond donors (Lipinski definition) is 2. The summed E-state index contributed by atoms with van der Waals surface area (Å²) in [5.41, 5.74) is 1.77. The van der Waals surface area contributed by atoms with Gasteiger partial charge in [-0.1, -0.05) is 24.3 Å². The summed E-state index contributed by atoms with van der Waals surface area (Å²) in [6, 6.07) is 14.8. The second-order valence-electron chi connectivity index (χ2n) is 4.63. The fraction of sp³-hybridized carbons (Fsp3) is 0. The molecule has 3 rings (SSSR count). The molecule has 0 aliphatic rings. The van der Waals surface area contributed by atoms with Gasteiger partial charge in [0.1, 0.15) is 17.5 Å². The molecule has 106 valence electrons. The Kier molecular flexibility index (Phi) is 3.67. The van der Waals surface area contributed by atoms with Gasteiger partial charge in [-0.15, -0.1) is 0 Å². The van der Waals surface area contributed by atoms with Gasteiger partial charge in [0, 0.05) is 28.9 Å². The van der Waals surface area contributed by atoms with E-state index >= 15 is 0 Å². The van der Waals surface area contributed by atoms with Crippen molar-refractivity contribution in [3.05, 3.63) is 66.0 Å². The summed E-state index contributed by atoms with van der Waals surface area (Å²) in [6.07, 6.45) is 4.91. The number of anilines is 1. The molecule has 0 atom stereocenters. The van der Waals surface area contributed by atoms with E-state index in [9.17, 15) is 10.1 Å². The van der Waals surface area contributed by atoms with E-state index in [4.69, 9.17) is 0 Å². The summed E-state index contributed by atoms with van der Waals surface area (Å²) in [4.78, 5) is 19.3. The molecule has 0 spiro atoms. The van der Waals surface area contributed by atoms with Gasteiger partial charge >= 0.3 is 0 Å². The third-order valence-corrected chi connectivity index (χ3v) is 3.19. The van der Waals surface area contributed by atoms with Gasteiger partial charge in [0.2, 0.25) is 0 Å². The smallest absolute Gasteiger partial charge is 0.267 e. The Morgan fingerprint density at radius 1 is 1.23 bits per heavy atom. The predicted molar refractivity (Wildman–Crippen MR) is 84.8 cm³/mol. The number of nitrogens with zero attached hydrogens (tertiary/aromatic N) is 2. The van der Waals surface area contributed by atoms with E-state index in [-0.39, 0.29) is 5.57 Å². The van der Waals surface area contributed by atoms with Crippen molar-refractivity contribution in [1.29, 1.82) is 5.26 Å². The lowest BCUT2D eigenvalue weighted by atomic mass is 10.1. The zero-order valence-corrected chi connectivity index (χ0v) is 11.6. The Bertz CT molecular complexity index is 888. The van der Waals surface area contributed by atoms with Crippen LogP contribution in [0, 0.1) is 11.3 Å². The molecule has 2 N–H and O–H groups in total. The molecule has 0 saturated carbocycles. The number of carbonyl (C=O) groups is 1. The van der Waals surface area contributed by atoms with E-state index in [1.807, 2.05) is 30.3 Å². The number of amides is 1. The SMILES string of the molecule is N#C/C(=C\c1c[nH]c2ccccc12)C(=O)Nc1ccccn1. The zero-order chi connectivity index (χ0) is 15.4. The van der Waals surface area contributed by atoms with Crippen molar-refractivity contribution in [3.63, 3.8) is 0 Å². The zero-order valence-electron chi connectivity index (χ0n) is 11.6. The van der Waals surface area contributed by atoms with Crippen LogP contribution in [0.3, 0.4) is 0 Å². The van der Waals surface area contributed by atoms with Gasteiger partial charge in [-0.25, -0.2) is 4.98 Å². The lowest BCUT2D eigenvalue weighted by Gasteiger charge is -2.02. The molecule has 2 aromatic heterocycles. The van der Waals surface area contributed by atoms with Gasteiger partial charge in [-0.3, -0.25) is 4.79 Å². The van der Waals surface area contributed by atoms with Crippen molar-refractivity contribution < 1.29 is 4.79 Å². The highest BCUT2D eigenvalue weighted by Crippen LogP contribution is 2.20. The third-order valence-electron chi connectivity index (χ3n) is 3.19. The Morgan fingerprint density at radius 2 is 2.05 bits per heavy atom. The summed E-state index contributed by atoms with van der Waals surface area (Å²) in [7, 11) is 0. The molecule has 5 nitrogen and oxygen atoms in total. The molecule has 22 heavy (non-hydrogen) atoms. The lowest BCUT2D eigenvalue weighted by Crippen LogP contribution is -2.14. The van der Waals surface area contributed by atoms with Gasteiger partial charge in [0.05, 0.1) is 0 Å². The molecule has 0 aliphatic heterocycles. The average molecular weight is 288 g/mol. The van der Waals surface area contributed by atoms with Crippen molar-refractivity contribution in [2.24, 2.45) is 0 Å². The highest BCUT2D eigenvalue weighted by Gasteiger charge is 2.11. The molecular weight excluding hydrogens is 276 g/mol. The Hall–Kier alpha value is -3.39. The number of nitrogens with one attached hydrogen (secondary N) is 2. The highest BCUT2D eigenvalue weighted by atomic mass is 16.1. The molecule has 3 aromatic rings. The van der Waals surface area contributed by atoms with Crippen LogP contribution in [0.4, 0.5) is 5.82 Å². The summed E-state index contributed by atoms with van der Waals surface area (Å²) < 4.78 is 0. The molecule has 2 heterocycles.